The third-order valence-electron chi connectivity index (χ3n) is 4.79. The van der Waals surface area contributed by atoms with Gasteiger partial charge in [-0.2, -0.15) is 0 Å². The zero-order chi connectivity index (χ0) is 16.3. The van der Waals surface area contributed by atoms with Crippen molar-refractivity contribution in [2.75, 3.05) is 11.9 Å². The van der Waals surface area contributed by atoms with Gasteiger partial charge in [-0.1, -0.05) is 19.3 Å². The van der Waals surface area contributed by atoms with Crippen LogP contribution in [0.5, 0.6) is 0 Å². The van der Waals surface area contributed by atoms with Crippen LogP contribution in [0.1, 0.15) is 38.5 Å². The molecule has 1 saturated carbocycles. The Balaban J connectivity index is 1.72. The molecule has 23 heavy (non-hydrogen) atoms. The Bertz CT molecular complexity index is 760. The van der Waals surface area contributed by atoms with Crippen LogP contribution in [0.4, 0.5) is 5.69 Å². The molecule has 2 aromatic rings. The van der Waals surface area contributed by atoms with Gasteiger partial charge in [0, 0.05) is 23.6 Å². The summed E-state index contributed by atoms with van der Waals surface area (Å²) in [5, 5.41) is 3.73. The lowest BCUT2D eigenvalue weighted by Gasteiger charge is -2.35. The van der Waals surface area contributed by atoms with E-state index in [1.165, 1.54) is 12.5 Å². The summed E-state index contributed by atoms with van der Waals surface area (Å²) in [6, 6.07) is 8.33. The first-order chi connectivity index (χ1) is 11.1. The number of rotatable bonds is 4. The van der Waals surface area contributed by atoms with Crippen molar-refractivity contribution in [3.8, 4) is 0 Å². The van der Waals surface area contributed by atoms with Crippen LogP contribution in [-0.2, 0) is 4.79 Å². The van der Waals surface area contributed by atoms with Crippen LogP contribution in [0.3, 0.4) is 0 Å². The van der Waals surface area contributed by atoms with Crippen LogP contribution >= 0.6 is 0 Å². The van der Waals surface area contributed by atoms with E-state index in [-0.39, 0.29) is 16.9 Å². The summed E-state index contributed by atoms with van der Waals surface area (Å²) >= 11 is 0. The molecule has 5 heteroatoms. The van der Waals surface area contributed by atoms with Gasteiger partial charge in [0.1, 0.15) is 5.58 Å². The van der Waals surface area contributed by atoms with Crippen LogP contribution in [0.25, 0.3) is 11.0 Å². The van der Waals surface area contributed by atoms with E-state index < -0.39 is 0 Å². The van der Waals surface area contributed by atoms with Gasteiger partial charge in [-0.3, -0.25) is 4.79 Å². The van der Waals surface area contributed by atoms with Crippen LogP contribution in [0, 0.1) is 5.41 Å². The molecule has 1 aromatic carbocycles. The minimum absolute atomic E-state index is 0.00548. The molecule has 0 atom stereocenters. The number of carbonyl (C=O) groups is 1. The Hall–Kier alpha value is -2.14. The average Bonchev–Trinajstić information content (AvgIpc) is 2.55. The highest BCUT2D eigenvalue weighted by Gasteiger charge is 2.32. The second-order valence-electron chi connectivity index (χ2n) is 6.50. The van der Waals surface area contributed by atoms with E-state index in [4.69, 9.17) is 10.2 Å². The second kappa shape index (κ2) is 6.54. The van der Waals surface area contributed by atoms with Gasteiger partial charge >= 0.3 is 5.63 Å². The SMILES string of the molecule is NCC1(CC(=O)Nc2ccc3oc(=O)ccc3c2)CCCCC1. The van der Waals surface area contributed by atoms with Gasteiger partial charge in [-0.15, -0.1) is 0 Å². The molecule has 122 valence electrons. The van der Waals surface area contributed by atoms with Crippen molar-refractivity contribution in [1.82, 2.24) is 0 Å². The number of carbonyl (C=O) groups excluding carboxylic acids is 1. The van der Waals surface area contributed by atoms with Crippen molar-refractivity contribution in [1.29, 1.82) is 0 Å². The molecule has 1 heterocycles. The highest BCUT2D eigenvalue weighted by atomic mass is 16.4. The lowest BCUT2D eigenvalue weighted by Crippen LogP contribution is -2.36. The standard InChI is InChI=1S/C18H22N2O3/c19-12-18(8-2-1-3-9-18)11-16(21)20-14-5-6-15-13(10-14)4-7-17(22)23-15/h4-7,10H,1-3,8-9,11-12,19H2,(H,20,21). The van der Waals surface area contributed by atoms with E-state index in [2.05, 4.69) is 5.32 Å². The van der Waals surface area contributed by atoms with Gasteiger partial charge in [0.2, 0.25) is 5.91 Å². The highest BCUT2D eigenvalue weighted by Crippen LogP contribution is 2.38. The number of nitrogens with two attached hydrogens (primary N) is 1. The molecule has 0 bridgehead atoms. The zero-order valence-corrected chi connectivity index (χ0v) is 13.1. The minimum Gasteiger partial charge on any atom is -0.423 e. The van der Waals surface area contributed by atoms with E-state index in [0.29, 0.717) is 24.2 Å². The molecule has 0 aliphatic heterocycles. The van der Waals surface area contributed by atoms with Crippen molar-refractivity contribution < 1.29 is 9.21 Å². The molecular formula is C18H22N2O3. The predicted molar refractivity (Wildman–Crippen MR) is 90.3 cm³/mol. The second-order valence-corrected chi connectivity index (χ2v) is 6.50. The first-order valence-corrected chi connectivity index (χ1v) is 8.14. The topological polar surface area (TPSA) is 85.3 Å². The molecule has 5 nitrogen and oxygen atoms in total. The summed E-state index contributed by atoms with van der Waals surface area (Å²) in [4.78, 5) is 23.6. The number of fused-ring (bicyclic) bond motifs is 1. The van der Waals surface area contributed by atoms with E-state index in [0.717, 1.165) is 31.1 Å². The monoisotopic (exact) mass is 314 g/mol. The number of anilines is 1. The van der Waals surface area contributed by atoms with Gasteiger partial charge in [0.15, 0.2) is 0 Å². The third-order valence-corrected chi connectivity index (χ3v) is 4.79. The summed E-state index contributed by atoms with van der Waals surface area (Å²) in [5.74, 6) is -0.00548. The number of hydrogen-bond acceptors (Lipinski definition) is 4. The smallest absolute Gasteiger partial charge is 0.336 e. The molecule has 0 saturated heterocycles. The molecule has 0 unspecified atom stereocenters. The van der Waals surface area contributed by atoms with Crippen LogP contribution in [0.15, 0.2) is 39.5 Å². The summed E-state index contributed by atoms with van der Waals surface area (Å²) in [6.07, 6.45) is 6.06. The number of benzene rings is 1. The zero-order valence-electron chi connectivity index (χ0n) is 13.1. The summed E-state index contributed by atoms with van der Waals surface area (Å²) in [7, 11) is 0. The van der Waals surface area contributed by atoms with Gasteiger partial charge in [0.05, 0.1) is 0 Å². The average molecular weight is 314 g/mol. The van der Waals surface area contributed by atoms with E-state index in [1.807, 2.05) is 6.07 Å². The maximum atomic E-state index is 12.4. The number of nitrogens with one attached hydrogen (secondary N) is 1. The minimum atomic E-state index is -0.378. The lowest BCUT2D eigenvalue weighted by atomic mass is 9.71. The van der Waals surface area contributed by atoms with Crippen LogP contribution in [-0.4, -0.2) is 12.5 Å². The molecule has 1 aliphatic rings. The van der Waals surface area contributed by atoms with Crippen molar-refractivity contribution in [3.63, 3.8) is 0 Å². The Labute approximate surface area is 134 Å². The van der Waals surface area contributed by atoms with Crippen molar-refractivity contribution in [2.45, 2.75) is 38.5 Å². The first-order valence-electron chi connectivity index (χ1n) is 8.14. The maximum absolute atomic E-state index is 12.4. The molecule has 0 radical (unpaired) electrons. The summed E-state index contributed by atoms with van der Waals surface area (Å²) in [5.41, 5.74) is 6.74. The fourth-order valence-corrected chi connectivity index (χ4v) is 3.45. The predicted octanol–water partition coefficient (Wildman–Crippen LogP) is 3.03. The Morgan fingerprint density at radius 2 is 1.96 bits per heavy atom. The van der Waals surface area contributed by atoms with Crippen molar-refractivity contribution in [2.24, 2.45) is 11.1 Å². The van der Waals surface area contributed by atoms with E-state index >= 15 is 0 Å². The third kappa shape index (κ3) is 3.62. The number of hydrogen-bond donors (Lipinski definition) is 2. The number of amides is 1. The lowest BCUT2D eigenvalue weighted by molar-refractivity contribution is -0.118. The Morgan fingerprint density at radius 1 is 1.17 bits per heavy atom. The highest BCUT2D eigenvalue weighted by molar-refractivity contribution is 5.93. The molecule has 1 aliphatic carbocycles. The molecule has 3 rings (SSSR count). The normalized spacial score (nSPS) is 17.1. The summed E-state index contributed by atoms with van der Waals surface area (Å²) in [6.45, 7) is 0.559. The molecule has 1 aromatic heterocycles. The summed E-state index contributed by atoms with van der Waals surface area (Å²) < 4.78 is 5.09. The van der Waals surface area contributed by atoms with E-state index in [9.17, 15) is 9.59 Å². The van der Waals surface area contributed by atoms with Crippen LogP contribution in [0.2, 0.25) is 0 Å². The molecular weight excluding hydrogens is 292 g/mol. The Morgan fingerprint density at radius 3 is 2.70 bits per heavy atom. The molecule has 0 spiro atoms. The quantitative estimate of drug-likeness (QED) is 0.849. The largest absolute Gasteiger partial charge is 0.423 e. The van der Waals surface area contributed by atoms with E-state index in [1.54, 1.807) is 18.2 Å². The molecule has 3 N–H and O–H groups in total. The van der Waals surface area contributed by atoms with Crippen molar-refractivity contribution in [3.05, 3.63) is 40.8 Å². The fraction of sp³-hybridized carbons (Fsp3) is 0.444. The Kier molecular flexibility index (Phi) is 4.48. The van der Waals surface area contributed by atoms with Gasteiger partial charge in [-0.05, 0) is 49.1 Å². The van der Waals surface area contributed by atoms with Gasteiger partial charge in [-0.25, -0.2) is 4.79 Å². The maximum Gasteiger partial charge on any atom is 0.336 e. The van der Waals surface area contributed by atoms with Crippen LogP contribution < -0.4 is 16.7 Å². The van der Waals surface area contributed by atoms with Crippen molar-refractivity contribution >= 4 is 22.6 Å². The molecule has 1 fully saturated rings. The fourth-order valence-electron chi connectivity index (χ4n) is 3.45. The van der Waals surface area contributed by atoms with Gasteiger partial charge in [0.25, 0.3) is 0 Å². The van der Waals surface area contributed by atoms with Gasteiger partial charge < -0.3 is 15.5 Å². The first kappa shape index (κ1) is 15.7. The molecule has 1 amide bonds.